The number of nitrogens with zero attached hydrogens (tertiary/aromatic N) is 2. The molecule has 2 heteroatoms. The molecular formula is C14H29N2+. The molecule has 1 aliphatic heterocycles. The highest BCUT2D eigenvalue weighted by Gasteiger charge is 2.21. The molecule has 0 aromatic carbocycles. The molecule has 0 N–H and O–H groups in total. The number of rotatable bonds is 7. The Bertz CT molecular complexity index is 213. The van der Waals surface area contributed by atoms with E-state index >= 15 is 0 Å². The summed E-state index contributed by atoms with van der Waals surface area (Å²) in [6.45, 7) is 6.06. The van der Waals surface area contributed by atoms with Gasteiger partial charge in [0.05, 0.1) is 26.3 Å². The highest BCUT2D eigenvalue weighted by Crippen LogP contribution is 2.13. The summed E-state index contributed by atoms with van der Waals surface area (Å²) in [6, 6.07) is 0. The molecule has 0 fully saturated rings. The van der Waals surface area contributed by atoms with Crippen molar-refractivity contribution < 1.29 is 4.48 Å². The molecule has 0 aromatic heterocycles. The van der Waals surface area contributed by atoms with E-state index in [0.29, 0.717) is 0 Å². The lowest BCUT2D eigenvalue weighted by Crippen LogP contribution is -2.47. The van der Waals surface area contributed by atoms with Crippen LogP contribution in [0, 0.1) is 0 Å². The summed E-state index contributed by atoms with van der Waals surface area (Å²) in [7, 11) is 4.51. The normalized spacial score (nSPS) is 25.1. The van der Waals surface area contributed by atoms with E-state index in [9.17, 15) is 0 Å². The largest absolute Gasteiger partial charge is 0.371 e. The van der Waals surface area contributed by atoms with Crippen LogP contribution < -0.4 is 0 Å². The maximum atomic E-state index is 2.36. The zero-order valence-corrected chi connectivity index (χ0v) is 11.4. The van der Waals surface area contributed by atoms with Crippen molar-refractivity contribution in [3.63, 3.8) is 0 Å². The zero-order valence-electron chi connectivity index (χ0n) is 11.4. The van der Waals surface area contributed by atoms with Crippen LogP contribution in [0.4, 0.5) is 0 Å². The fourth-order valence-electron chi connectivity index (χ4n) is 2.25. The number of hydrogen-bond acceptors (Lipinski definition) is 1. The van der Waals surface area contributed by atoms with Gasteiger partial charge < -0.3 is 4.90 Å². The van der Waals surface area contributed by atoms with Gasteiger partial charge in [0.2, 0.25) is 0 Å². The van der Waals surface area contributed by atoms with E-state index in [1.165, 1.54) is 58.2 Å². The maximum absolute atomic E-state index is 2.36. The first-order valence-electron chi connectivity index (χ1n) is 6.90. The molecule has 0 saturated heterocycles. The van der Waals surface area contributed by atoms with Crippen LogP contribution >= 0.6 is 0 Å². The van der Waals surface area contributed by atoms with E-state index in [2.05, 4.69) is 38.3 Å². The van der Waals surface area contributed by atoms with Crippen LogP contribution in [0.3, 0.4) is 0 Å². The van der Waals surface area contributed by atoms with E-state index in [1.807, 2.05) is 0 Å². The van der Waals surface area contributed by atoms with Crippen molar-refractivity contribution in [2.45, 2.75) is 45.4 Å². The summed E-state index contributed by atoms with van der Waals surface area (Å²) in [5, 5.41) is 0. The molecule has 0 bridgehead atoms. The van der Waals surface area contributed by atoms with Crippen LogP contribution in [-0.2, 0) is 0 Å². The maximum Gasteiger partial charge on any atom is 0.112 e. The van der Waals surface area contributed by atoms with Crippen molar-refractivity contribution in [1.29, 1.82) is 0 Å². The molecule has 1 heterocycles. The highest BCUT2D eigenvalue weighted by atomic mass is 15.4. The second-order valence-corrected chi connectivity index (χ2v) is 5.47. The molecule has 1 atom stereocenters. The van der Waals surface area contributed by atoms with E-state index < -0.39 is 0 Å². The molecule has 94 valence electrons. The molecule has 0 amide bonds. The van der Waals surface area contributed by atoms with Gasteiger partial charge in [-0.15, -0.1) is 0 Å². The summed E-state index contributed by atoms with van der Waals surface area (Å²) in [5.74, 6) is 0. The summed E-state index contributed by atoms with van der Waals surface area (Å²) in [5.41, 5.74) is 0. The molecule has 2 nitrogen and oxygen atoms in total. The molecule has 0 spiro atoms. The minimum atomic E-state index is 1.14. The smallest absolute Gasteiger partial charge is 0.112 e. The minimum absolute atomic E-state index is 1.14. The number of unbranched alkanes of at least 4 members (excludes halogenated alkanes) is 5. The first-order chi connectivity index (χ1) is 7.66. The van der Waals surface area contributed by atoms with E-state index in [1.54, 1.807) is 0 Å². The Labute approximate surface area is 102 Å². The van der Waals surface area contributed by atoms with Gasteiger partial charge in [-0.05, 0) is 12.8 Å². The second kappa shape index (κ2) is 6.95. The summed E-state index contributed by atoms with van der Waals surface area (Å²) in [4.78, 5) is 2.28. The molecule has 0 saturated carbocycles. The van der Waals surface area contributed by atoms with Crippen molar-refractivity contribution in [3.05, 3.63) is 12.4 Å². The van der Waals surface area contributed by atoms with Crippen molar-refractivity contribution in [3.8, 4) is 0 Å². The second-order valence-electron chi connectivity index (χ2n) is 5.47. The lowest BCUT2D eigenvalue weighted by Gasteiger charge is -2.35. The highest BCUT2D eigenvalue weighted by molar-refractivity contribution is 4.78. The van der Waals surface area contributed by atoms with Crippen molar-refractivity contribution in [2.75, 3.05) is 33.7 Å². The predicted molar refractivity (Wildman–Crippen MR) is 71.1 cm³/mol. The van der Waals surface area contributed by atoms with Gasteiger partial charge >= 0.3 is 0 Å². The Morgan fingerprint density at radius 2 is 1.81 bits per heavy atom. The molecule has 16 heavy (non-hydrogen) atoms. The topological polar surface area (TPSA) is 3.24 Å². The molecule has 1 rings (SSSR count). The predicted octanol–water partition coefficient (Wildman–Crippen LogP) is 3.21. The Morgan fingerprint density at radius 1 is 1.12 bits per heavy atom. The minimum Gasteiger partial charge on any atom is -0.371 e. The Morgan fingerprint density at radius 3 is 2.44 bits per heavy atom. The monoisotopic (exact) mass is 225 g/mol. The first kappa shape index (κ1) is 13.6. The summed E-state index contributed by atoms with van der Waals surface area (Å²) in [6.07, 6.45) is 13.0. The van der Waals surface area contributed by atoms with Gasteiger partial charge in [-0.3, -0.25) is 4.48 Å². The Balaban J connectivity index is 2.10. The number of quaternary nitrogens is 1. The van der Waals surface area contributed by atoms with Crippen molar-refractivity contribution in [2.24, 2.45) is 0 Å². The van der Waals surface area contributed by atoms with E-state index in [-0.39, 0.29) is 0 Å². The molecule has 0 radical (unpaired) electrons. The van der Waals surface area contributed by atoms with Crippen LogP contribution in [0.2, 0.25) is 0 Å². The third-order valence-electron chi connectivity index (χ3n) is 3.67. The van der Waals surface area contributed by atoms with Gasteiger partial charge in [0.1, 0.15) is 12.7 Å². The fourth-order valence-corrected chi connectivity index (χ4v) is 2.25. The average Bonchev–Trinajstić information content (AvgIpc) is 2.28. The summed E-state index contributed by atoms with van der Waals surface area (Å²) < 4.78 is 1.14. The van der Waals surface area contributed by atoms with Gasteiger partial charge in [-0.1, -0.05) is 32.6 Å². The van der Waals surface area contributed by atoms with Gasteiger partial charge in [0.25, 0.3) is 0 Å². The van der Waals surface area contributed by atoms with E-state index in [4.69, 9.17) is 0 Å². The Hall–Kier alpha value is -0.500. The molecule has 1 aliphatic rings. The molecule has 1 unspecified atom stereocenters. The Kier molecular flexibility index (Phi) is 5.89. The quantitative estimate of drug-likeness (QED) is 0.475. The average molecular weight is 225 g/mol. The molecule has 0 aliphatic carbocycles. The van der Waals surface area contributed by atoms with Crippen molar-refractivity contribution in [1.82, 2.24) is 4.90 Å². The standard InChI is InChI=1S/C14H29N2/c1-4-5-6-7-8-9-12-16(3)13-10-15(2)11-14-16/h10,13H,4-9,11-12,14H2,1-3H3/q+1. The SMILES string of the molecule is CCCCCCCC[N+]1(C)C=CN(C)CC1. The zero-order chi connectivity index (χ0) is 11.9. The molecule has 0 aromatic rings. The first-order valence-corrected chi connectivity index (χ1v) is 6.90. The fraction of sp³-hybridized carbons (Fsp3) is 0.857. The van der Waals surface area contributed by atoms with Gasteiger partial charge in [-0.25, -0.2) is 0 Å². The van der Waals surface area contributed by atoms with Gasteiger partial charge in [0.15, 0.2) is 0 Å². The lowest BCUT2D eigenvalue weighted by atomic mass is 10.1. The van der Waals surface area contributed by atoms with Gasteiger partial charge in [0, 0.05) is 7.05 Å². The lowest BCUT2D eigenvalue weighted by molar-refractivity contribution is -0.862. The van der Waals surface area contributed by atoms with Crippen LogP contribution in [0.5, 0.6) is 0 Å². The van der Waals surface area contributed by atoms with Crippen molar-refractivity contribution >= 4 is 0 Å². The number of likely N-dealkylation sites (N-methyl/N-ethyl adjacent to an activating group) is 2. The molecular weight excluding hydrogens is 196 g/mol. The third kappa shape index (κ3) is 5.02. The third-order valence-corrected chi connectivity index (χ3v) is 3.67. The van der Waals surface area contributed by atoms with Crippen LogP contribution in [0.15, 0.2) is 12.4 Å². The summed E-state index contributed by atoms with van der Waals surface area (Å²) >= 11 is 0. The van der Waals surface area contributed by atoms with E-state index in [0.717, 1.165) is 4.48 Å². The van der Waals surface area contributed by atoms with Crippen LogP contribution in [0.25, 0.3) is 0 Å². The number of hydrogen-bond donors (Lipinski definition) is 0. The van der Waals surface area contributed by atoms with Gasteiger partial charge in [-0.2, -0.15) is 0 Å². The van der Waals surface area contributed by atoms with Crippen LogP contribution in [0.1, 0.15) is 45.4 Å². The van der Waals surface area contributed by atoms with Crippen LogP contribution in [-0.4, -0.2) is 43.1 Å².